The molecule has 1 saturated heterocycles. The molecule has 1 N–H and O–H groups in total. The van der Waals surface area contributed by atoms with Crippen LogP contribution in [0.3, 0.4) is 0 Å². The van der Waals surface area contributed by atoms with Gasteiger partial charge in [-0.2, -0.15) is 0 Å². The molecule has 1 atom stereocenters. The molecule has 4 nitrogen and oxygen atoms in total. The number of hydrogen-bond donors (Lipinski definition) is 1. The molecule has 30 heavy (non-hydrogen) atoms. The number of carbonyl (C=O) groups is 2. The van der Waals surface area contributed by atoms with Crippen LogP contribution in [0.25, 0.3) is 5.76 Å². The SMILES string of the molecule is Cc1cccc(C2/C(=C(/O)c3ccc(Br)c(C)c3)C(=O)C(=O)N2C2CCCCC2)c1. The van der Waals surface area contributed by atoms with Gasteiger partial charge < -0.3 is 10.0 Å². The maximum atomic E-state index is 13.2. The fraction of sp³-hybridized carbons (Fsp3) is 0.360. The van der Waals surface area contributed by atoms with Gasteiger partial charge in [0.25, 0.3) is 11.7 Å². The van der Waals surface area contributed by atoms with E-state index in [0.717, 1.165) is 53.3 Å². The molecule has 1 saturated carbocycles. The smallest absolute Gasteiger partial charge is 0.295 e. The van der Waals surface area contributed by atoms with E-state index in [1.807, 2.05) is 50.2 Å². The first-order valence-electron chi connectivity index (χ1n) is 10.5. The molecule has 1 heterocycles. The minimum absolute atomic E-state index is 0.0256. The normalized spacial score (nSPS) is 22.0. The third-order valence-corrected chi connectivity index (χ3v) is 7.13. The molecule has 0 aromatic heterocycles. The number of aliphatic hydroxyl groups excluding tert-OH is 1. The van der Waals surface area contributed by atoms with Crippen molar-refractivity contribution in [1.29, 1.82) is 0 Å². The highest BCUT2D eigenvalue weighted by molar-refractivity contribution is 9.10. The first kappa shape index (κ1) is 20.9. The van der Waals surface area contributed by atoms with E-state index in [-0.39, 0.29) is 17.4 Å². The van der Waals surface area contributed by atoms with Crippen molar-refractivity contribution in [3.05, 3.63) is 74.8 Å². The van der Waals surface area contributed by atoms with Gasteiger partial charge in [-0.3, -0.25) is 9.59 Å². The van der Waals surface area contributed by atoms with Crippen molar-refractivity contribution < 1.29 is 14.7 Å². The Labute approximate surface area is 185 Å². The fourth-order valence-electron chi connectivity index (χ4n) is 4.70. The van der Waals surface area contributed by atoms with Crippen LogP contribution >= 0.6 is 15.9 Å². The molecule has 1 amide bonds. The number of halogens is 1. The fourth-order valence-corrected chi connectivity index (χ4v) is 4.95. The largest absolute Gasteiger partial charge is 0.507 e. The molecule has 156 valence electrons. The highest BCUT2D eigenvalue weighted by Gasteiger charge is 2.48. The van der Waals surface area contributed by atoms with Crippen LogP contribution in [0.5, 0.6) is 0 Å². The Hall–Kier alpha value is -2.40. The van der Waals surface area contributed by atoms with Crippen molar-refractivity contribution in [3.8, 4) is 0 Å². The van der Waals surface area contributed by atoms with Gasteiger partial charge in [0.1, 0.15) is 5.76 Å². The summed E-state index contributed by atoms with van der Waals surface area (Å²) in [4.78, 5) is 28.1. The number of ketones is 1. The summed E-state index contributed by atoms with van der Waals surface area (Å²) in [5.41, 5.74) is 3.62. The second kappa shape index (κ2) is 8.38. The van der Waals surface area contributed by atoms with E-state index in [2.05, 4.69) is 15.9 Å². The molecule has 5 heteroatoms. The van der Waals surface area contributed by atoms with Crippen molar-refractivity contribution in [2.24, 2.45) is 0 Å². The third-order valence-electron chi connectivity index (χ3n) is 6.24. The lowest BCUT2D eigenvalue weighted by Crippen LogP contribution is -2.40. The number of hydrogen-bond acceptors (Lipinski definition) is 3. The summed E-state index contributed by atoms with van der Waals surface area (Å²) in [5.74, 6) is -1.19. The Morgan fingerprint density at radius 2 is 1.77 bits per heavy atom. The summed E-state index contributed by atoms with van der Waals surface area (Å²) in [6.07, 6.45) is 5.06. The monoisotopic (exact) mass is 467 g/mol. The zero-order valence-corrected chi connectivity index (χ0v) is 18.9. The van der Waals surface area contributed by atoms with Gasteiger partial charge in [0.2, 0.25) is 0 Å². The predicted octanol–water partition coefficient (Wildman–Crippen LogP) is 5.82. The standard InChI is InChI=1S/C25H26BrNO3/c1-15-7-6-8-17(13-15)22-21(23(28)18-11-12-20(26)16(2)14-18)24(29)25(30)27(22)19-9-4-3-5-10-19/h6-8,11-14,19,22,28H,3-5,9-10H2,1-2H3/b23-21-. The molecular formula is C25H26BrNO3. The average molecular weight is 468 g/mol. The van der Waals surface area contributed by atoms with Gasteiger partial charge in [-0.1, -0.05) is 71.1 Å². The number of rotatable bonds is 3. The summed E-state index contributed by atoms with van der Waals surface area (Å²) in [5, 5.41) is 11.2. The zero-order valence-electron chi connectivity index (χ0n) is 17.3. The number of aryl methyl sites for hydroxylation is 2. The topological polar surface area (TPSA) is 57.6 Å². The molecule has 1 aliphatic heterocycles. The quantitative estimate of drug-likeness (QED) is 0.351. The lowest BCUT2D eigenvalue weighted by molar-refractivity contribution is -0.141. The number of likely N-dealkylation sites (tertiary alicyclic amines) is 1. The number of benzene rings is 2. The van der Waals surface area contributed by atoms with Gasteiger partial charge in [-0.15, -0.1) is 0 Å². The Kier molecular flexibility index (Phi) is 5.83. The minimum atomic E-state index is -0.592. The van der Waals surface area contributed by atoms with Crippen LogP contribution in [0.2, 0.25) is 0 Å². The van der Waals surface area contributed by atoms with E-state index in [1.54, 1.807) is 11.0 Å². The highest BCUT2D eigenvalue weighted by Crippen LogP contribution is 2.43. The average Bonchev–Trinajstić information content (AvgIpc) is 3.01. The molecule has 1 aliphatic carbocycles. The van der Waals surface area contributed by atoms with Crippen LogP contribution < -0.4 is 0 Å². The molecule has 2 aliphatic rings. The number of nitrogens with zero attached hydrogens (tertiary/aromatic N) is 1. The number of carbonyl (C=O) groups excluding carboxylic acids is 2. The van der Waals surface area contributed by atoms with Crippen LogP contribution in [-0.2, 0) is 9.59 Å². The Balaban J connectivity index is 1.89. The third kappa shape index (κ3) is 3.71. The van der Waals surface area contributed by atoms with Crippen molar-refractivity contribution in [2.75, 3.05) is 0 Å². The van der Waals surface area contributed by atoms with Crippen LogP contribution in [0, 0.1) is 13.8 Å². The molecule has 2 fully saturated rings. The first-order valence-corrected chi connectivity index (χ1v) is 11.3. The minimum Gasteiger partial charge on any atom is -0.507 e. The number of amides is 1. The summed E-state index contributed by atoms with van der Waals surface area (Å²) < 4.78 is 0.928. The summed E-state index contributed by atoms with van der Waals surface area (Å²) >= 11 is 3.47. The van der Waals surface area contributed by atoms with Crippen LogP contribution in [0.4, 0.5) is 0 Å². The predicted molar refractivity (Wildman–Crippen MR) is 121 cm³/mol. The van der Waals surface area contributed by atoms with Gasteiger partial charge in [-0.25, -0.2) is 0 Å². The van der Waals surface area contributed by atoms with Gasteiger partial charge >= 0.3 is 0 Å². The molecule has 1 unspecified atom stereocenters. The van der Waals surface area contributed by atoms with Crippen LogP contribution in [0.15, 0.2) is 52.5 Å². The van der Waals surface area contributed by atoms with Crippen LogP contribution in [0.1, 0.15) is 60.4 Å². The lowest BCUT2D eigenvalue weighted by Gasteiger charge is -2.35. The van der Waals surface area contributed by atoms with Gasteiger partial charge in [0.15, 0.2) is 0 Å². The van der Waals surface area contributed by atoms with E-state index in [4.69, 9.17) is 0 Å². The van der Waals surface area contributed by atoms with Crippen molar-refractivity contribution in [2.45, 2.75) is 58.0 Å². The number of Topliss-reactive ketones (excluding diaryl/α,β-unsaturated/α-hetero) is 1. The van der Waals surface area contributed by atoms with E-state index in [9.17, 15) is 14.7 Å². The maximum absolute atomic E-state index is 13.2. The van der Waals surface area contributed by atoms with E-state index in [0.29, 0.717) is 5.56 Å². The van der Waals surface area contributed by atoms with Crippen molar-refractivity contribution in [3.63, 3.8) is 0 Å². The molecule has 0 radical (unpaired) electrons. The molecule has 0 bridgehead atoms. The molecule has 0 spiro atoms. The first-order chi connectivity index (χ1) is 14.4. The maximum Gasteiger partial charge on any atom is 0.295 e. The molecular weight excluding hydrogens is 442 g/mol. The second-order valence-corrected chi connectivity index (χ2v) is 9.23. The Bertz CT molecular complexity index is 1040. The molecule has 2 aromatic carbocycles. The van der Waals surface area contributed by atoms with E-state index >= 15 is 0 Å². The van der Waals surface area contributed by atoms with Crippen LogP contribution in [-0.4, -0.2) is 27.7 Å². The van der Waals surface area contributed by atoms with Gasteiger partial charge in [-0.05, 0) is 49.9 Å². The van der Waals surface area contributed by atoms with E-state index in [1.165, 1.54) is 0 Å². The Morgan fingerprint density at radius 3 is 2.43 bits per heavy atom. The summed E-state index contributed by atoms with van der Waals surface area (Å²) in [7, 11) is 0. The highest BCUT2D eigenvalue weighted by atomic mass is 79.9. The van der Waals surface area contributed by atoms with Gasteiger partial charge in [0, 0.05) is 16.1 Å². The zero-order chi connectivity index (χ0) is 21.4. The lowest BCUT2D eigenvalue weighted by atomic mass is 9.90. The van der Waals surface area contributed by atoms with E-state index < -0.39 is 17.7 Å². The summed E-state index contributed by atoms with van der Waals surface area (Å²) in [6, 6.07) is 12.8. The summed E-state index contributed by atoms with van der Waals surface area (Å²) in [6.45, 7) is 3.92. The second-order valence-electron chi connectivity index (χ2n) is 8.38. The number of aliphatic hydroxyl groups is 1. The van der Waals surface area contributed by atoms with Gasteiger partial charge in [0.05, 0.1) is 11.6 Å². The molecule has 2 aromatic rings. The molecule has 4 rings (SSSR count). The van der Waals surface area contributed by atoms with Crippen molar-refractivity contribution in [1.82, 2.24) is 4.90 Å². The van der Waals surface area contributed by atoms with Crippen molar-refractivity contribution >= 4 is 33.4 Å². The Morgan fingerprint density at radius 1 is 1.03 bits per heavy atom.